The second-order valence-electron chi connectivity index (χ2n) is 6.39. The van der Waals surface area contributed by atoms with Crippen molar-refractivity contribution in [1.82, 2.24) is 5.32 Å². The summed E-state index contributed by atoms with van der Waals surface area (Å²) in [7, 11) is -3.96. The van der Waals surface area contributed by atoms with Gasteiger partial charge in [0.2, 0.25) is 0 Å². The van der Waals surface area contributed by atoms with Gasteiger partial charge in [0, 0.05) is 11.3 Å². The van der Waals surface area contributed by atoms with Gasteiger partial charge in [0.15, 0.2) is 0 Å². The summed E-state index contributed by atoms with van der Waals surface area (Å²) in [5, 5.41) is 2.75. The van der Waals surface area contributed by atoms with Crippen molar-refractivity contribution in [3.8, 4) is 0 Å². The first-order valence-electron chi connectivity index (χ1n) is 8.69. The smallest absolute Gasteiger partial charge is 0.261 e. The molecule has 5 nitrogen and oxygen atoms in total. The number of hydrogen-bond donors (Lipinski definition) is 2. The van der Waals surface area contributed by atoms with E-state index in [0.29, 0.717) is 5.56 Å². The number of carbonyl (C=O) groups is 1. The Morgan fingerprint density at radius 1 is 0.897 bits per heavy atom. The Morgan fingerprint density at radius 2 is 1.48 bits per heavy atom. The molecule has 0 fully saturated rings. The minimum atomic E-state index is -3.96. The highest BCUT2D eigenvalue weighted by Crippen LogP contribution is 2.19. The number of halogens is 2. The molecule has 1 amide bonds. The van der Waals surface area contributed by atoms with E-state index in [1.807, 2.05) is 0 Å². The van der Waals surface area contributed by atoms with Gasteiger partial charge >= 0.3 is 0 Å². The Bertz CT molecular complexity index is 1120. The Kier molecular flexibility index (Phi) is 5.93. The van der Waals surface area contributed by atoms with Crippen molar-refractivity contribution >= 4 is 21.6 Å². The van der Waals surface area contributed by atoms with E-state index in [1.54, 1.807) is 19.1 Å². The van der Waals surface area contributed by atoms with Crippen LogP contribution in [0, 0.1) is 11.6 Å². The molecule has 3 aromatic rings. The van der Waals surface area contributed by atoms with E-state index in [0.717, 1.165) is 12.1 Å². The third-order valence-electron chi connectivity index (χ3n) is 4.22. The molecule has 29 heavy (non-hydrogen) atoms. The summed E-state index contributed by atoms with van der Waals surface area (Å²) >= 11 is 0. The van der Waals surface area contributed by atoms with Crippen LogP contribution < -0.4 is 10.0 Å². The van der Waals surface area contributed by atoms with Crippen molar-refractivity contribution in [1.29, 1.82) is 0 Å². The van der Waals surface area contributed by atoms with Gasteiger partial charge in [-0.3, -0.25) is 9.52 Å². The van der Waals surface area contributed by atoms with Gasteiger partial charge in [0.1, 0.15) is 11.6 Å². The number of rotatable bonds is 6. The van der Waals surface area contributed by atoms with E-state index in [-0.39, 0.29) is 22.0 Å². The highest BCUT2D eigenvalue weighted by Gasteiger charge is 2.18. The van der Waals surface area contributed by atoms with Crippen LogP contribution in [0.3, 0.4) is 0 Å². The fourth-order valence-corrected chi connectivity index (χ4v) is 3.76. The van der Waals surface area contributed by atoms with Crippen molar-refractivity contribution in [2.45, 2.75) is 17.9 Å². The fourth-order valence-electron chi connectivity index (χ4n) is 2.65. The van der Waals surface area contributed by atoms with Crippen molar-refractivity contribution in [3.05, 3.63) is 95.6 Å². The van der Waals surface area contributed by atoms with Gasteiger partial charge in [-0.1, -0.05) is 18.2 Å². The molecule has 1 atom stereocenters. The van der Waals surface area contributed by atoms with Crippen LogP contribution in [0.2, 0.25) is 0 Å². The quantitative estimate of drug-likeness (QED) is 0.631. The van der Waals surface area contributed by atoms with Gasteiger partial charge in [0.05, 0.1) is 10.9 Å². The van der Waals surface area contributed by atoms with E-state index in [1.165, 1.54) is 48.5 Å². The Morgan fingerprint density at radius 3 is 2.10 bits per heavy atom. The molecule has 0 aliphatic carbocycles. The molecule has 8 heteroatoms. The summed E-state index contributed by atoms with van der Waals surface area (Å²) in [5.74, 6) is -1.33. The summed E-state index contributed by atoms with van der Waals surface area (Å²) in [6.45, 7) is 1.74. The van der Waals surface area contributed by atoms with Crippen LogP contribution in [0.5, 0.6) is 0 Å². The SMILES string of the molecule is CC(NC(=O)c1cccc(S(=O)(=O)Nc2ccc(F)cc2)c1)c1ccc(F)cc1. The number of nitrogens with one attached hydrogen (secondary N) is 2. The maximum absolute atomic E-state index is 13.0. The summed E-state index contributed by atoms with van der Waals surface area (Å²) in [4.78, 5) is 12.4. The van der Waals surface area contributed by atoms with E-state index >= 15 is 0 Å². The number of benzene rings is 3. The second kappa shape index (κ2) is 8.40. The van der Waals surface area contributed by atoms with Crippen LogP contribution in [0.25, 0.3) is 0 Å². The molecule has 3 aromatic carbocycles. The molecule has 0 spiro atoms. The number of hydrogen-bond acceptors (Lipinski definition) is 3. The molecular weight excluding hydrogens is 398 g/mol. The van der Waals surface area contributed by atoms with Gasteiger partial charge < -0.3 is 5.32 Å². The monoisotopic (exact) mass is 416 g/mol. The number of amides is 1. The van der Waals surface area contributed by atoms with Crippen molar-refractivity contribution in [2.75, 3.05) is 4.72 Å². The van der Waals surface area contributed by atoms with Crippen LogP contribution in [-0.4, -0.2) is 14.3 Å². The van der Waals surface area contributed by atoms with Crippen molar-refractivity contribution < 1.29 is 22.0 Å². The van der Waals surface area contributed by atoms with Crippen LogP contribution in [0.15, 0.2) is 77.7 Å². The first kappa shape index (κ1) is 20.5. The molecule has 3 rings (SSSR count). The molecule has 0 aliphatic rings. The largest absolute Gasteiger partial charge is 0.346 e. The Labute approximate surface area is 167 Å². The van der Waals surface area contributed by atoms with Crippen LogP contribution >= 0.6 is 0 Å². The lowest BCUT2D eigenvalue weighted by Crippen LogP contribution is -2.27. The van der Waals surface area contributed by atoms with Gasteiger partial charge in [-0.2, -0.15) is 0 Å². The number of anilines is 1. The van der Waals surface area contributed by atoms with E-state index in [4.69, 9.17) is 0 Å². The lowest BCUT2D eigenvalue weighted by molar-refractivity contribution is 0.0939. The molecule has 1 unspecified atom stereocenters. The van der Waals surface area contributed by atoms with Gasteiger partial charge in [-0.15, -0.1) is 0 Å². The van der Waals surface area contributed by atoms with E-state index < -0.39 is 27.8 Å². The number of sulfonamides is 1. The normalized spacial score (nSPS) is 12.2. The summed E-state index contributed by atoms with van der Waals surface area (Å²) in [6.07, 6.45) is 0. The minimum Gasteiger partial charge on any atom is -0.346 e. The van der Waals surface area contributed by atoms with Crippen molar-refractivity contribution in [2.24, 2.45) is 0 Å². The third-order valence-corrected chi connectivity index (χ3v) is 5.60. The first-order valence-corrected chi connectivity index (χ1v) is 10.2. The maximum atomic E-state index is 13.0. The number of carbonyl (C=O) groups excluding carboxylic acids is 1. The zero-order valence-electron chi connectivity index (χ0n) is 15.4. The first-order chi connectivity index (χ1) is 13.7. The lowest BCUT2D eigenvalue weighted by Gasteiger charge is -2.15. The molecule has 0 aliphatic heterocycles. The van der Waals surface area contributed by atoms with Crippen molar-refractivity contribution in [3.63, 3.8) is 0 Å². The Hall–Kier alpha value is -3.26. The summed E-state index contributed by atoms with van der Waals surface area (Å²) in [5.41, 5.74) is 1.06. The van der Waals surface area contributed by atoms with E-state index in [2.05, 4.69) is 10.0 Å². The molecule has 0 heterocycles. The molecule has 0 radical (unpaired) electrons. The van der Waals surface area contributed by atoms with Crippen LogP contribution in [0.1, 0.15) is 28.9 Å². The Balaban J connectivity index is 1.76. The van der Waals surface area contributed by atoms with Gasteiger partial charge in [0.25, 0.3) is 15.9 Å². The minimum absolute atomic E-state index is 0.107. The zero-order valence-corrected chi connectivity index (χ0v) is 16.2. The van der Waals surface area contributed by atoms with Gasteiger partial charge in [-0.25, -0.2) is 17.2 Å². The molecule has 0 aromatic heterocycles. The predicted molar refractivity (Wildman–Crippen MR) is 106 cm³/mol. The zero-order chi connectivity index (χ0) is 21.0. The molecule has 150 valence electrons. The van der Waals surface area contributed by atoms with Crippen LogP contribution in [0.4, 0.5) is 14.5 Å². The molecule has 2 N–H and O–H groups in total. The highest BCUT2D eigenvalue weighted by atomic mass is 32.2. The summed E-state index contributed by atoms with van der Waals surface area (Å²) < 4.78 is 53.5. The van der Waals surface area contributed by atoms with Gasteiger partial charge in [-0.05, 0) is 67.1 Å². The average Bonchev–Trinajstić information content (AvgIpc) is 2.70. The second-order valence-corrected chi connectivity index (χ2v) is 8.07. The maximum Gasteiger partial charge on any atom is 0.261 e. The third kappa shape index (κ3) is 5.17. The lowest BCUT2D eigenvalue weighted by atomic mass is 10.1. The highest BCUT2D eigenvalue weighted by molar-refractivity contribution is 7.92. The fraction of sp³-hybridized carbons (Fsp3) is 0.0952. The molecule has 0 bridgehead atoms. The summed E-state index contributed by atoms with van der Waals surface area (Å²) in [6, 6.07) is 15.7. The molecule has 0 saturated carbocycles. The topological polar surface area (TPSA) is 75.3 Å². The molecular formula is C21H18F2N2O3S. The predicted octanol–water partition coefficient (Wildman–Crippen LogP) is 4.26. The van der Waals surface area contributed by atoms with Crippen LogP contribution in [-0.2, 0) is 10.0 Å². The standard InChI is InChI=1S/C21H18F2N2O3S/c1-14(15-5-7-17(22)8-6-15)24-21(26)16-3-2-4-20(13-16)29(27,28)25-19-11-9-18(23)10-12-19/h2-14,25H,1H3,(H,24,26). The average molecular weight is 416 g/mol. The van der Waals surface area contributed by atoms with E-state index in [9.17, 15) is 22.0 Å². The molecule has 0 saturated heterocycles.